The number of aromatic nitrogens is 2. The Kier molecular flexibility index (Phi) is 5.25. The lowest BCUT2D eigenvalue weighted by molar-refractivity contribution is -0.126. The normalized spacial score (nSPS) is 16.5. The van der Waals surface area contributed by atoms with E-state index in [4.69, 9.17) is 4.52 Å². The van der Waals surface area contributed by atoms with Gasteiger partial charge in [0, 0.05) is 30.1 Å². The van der Waals surface area contributed by atoms with Gasteiger partial charge in [-0.05, 0) is 38.9 Å². The summed E-state index contributed by atoms with van der Waals surface area (Å²) in [5.74, 6) is 0.813. The number of rotatable bonds is 6. The minimum absolute atomic E-state index is 0.0800. The Morgan fingerprint density at radius 3 is 2.96 bits per heavy atom. The van der Waals surface area contributed by atoms with Crippen LogP contribution in [0.3, 0.4) is 0 Å². The molecule has 6 nitrogen and oxygen atoms in total. The highest BCUT2D eigenvalue weighted by atomic mass is 16.5. The van der Waals surface area contributed by atoms with Gasteiger partial charge in [0.25, 0.3) is 0 Å². The minimum Gasteiger partial charge on any atom is -0.359 e. The highest BCUT2D eigenvalue weighted by Gasteiger charge is 2.23. The number of likely N-dealkylation sites (N-methyl/N-ethyl adjacent to an activating group) is 1. The van der Waals surface area contributed by atoms with Gasteiger partial charge in [-0.15, -0.1) is 0 Å². The monoisotopic (exact) mass is 328 g/mol. The molecule has 0 aromatic carbocycles. The standard InChI is InChI=1S/C18H24N4O2/c1-13(18(23)20-15-7-3-4-8-15)22(2)12-16-10-17(21-24-16)14-6-5-9-19-11-14/h5-6,9-11,13,15H,3-4,7-8,12H2,1-2H3,(H,20,23)/t13-/m1/s1. The number of carbonyl (C=O) groups is 1. The molecule has 24 heavy (non-hydrogen) atoms. The van der Waals surface area contributed by atoms with E-state index in [0.29, 0.717) is 12.6 Å². The number of carbonyl (C=O) groups excluding carboxylic acids is 1. The zero-order valence-corrected chi connectivity index (χ0v) is 14.2. The van der Waals surface area contributed by atoms with Gasteiger partial charge in [0.2, 0.25) is 5.91 Å². The van der Waals surface area contributed by atoms with E-state index in [1.165, 1.54) is 12.8 Å². The second kappa shape index (κ2) is 7.57. The molecule has 2 aromatic rings. The van der Waals surface area contributed by atoms with E-state index in [1.807, 2.05) is 37.1 Å². The summed E-state index contributed by atoms with van der Waals surface area (Å²) in [6.07, 6.45) is 8.10. The number of nitrogens with zero attached hydrogens (tertiary/aromatic N) is 3. The summed E-state index contributed by atoms with van der Waals surface area (Å²) < 4.78 is 5.40. The summed E-state index contributed by atoms with van der Waals surface area (Å²) in [6, 6.07) is 5.84. The van der Waals surface area contributed by atoms with Crippen LogP contribution in [0, 0.1) is 0 Å². The van der Waals surface area contributed by atoms with Gasteiger partial charge in [-0.3, -0.25) is 14.7 Å². The van der Waals surface area contributed by atoms with E-state index in [-0.39, 0.29) is 11.9 Å². The molecule has 1 saturated carbocycles. The Balaban J connectivity index is 1.57. The van der Waals surface area contributed by atoms with Crippen molar-refractivity contribution in [3.8, 4) is 11.3 Å². The largest absolute Gasteiger partial charge is 0.359 e. The lowest BCUT2D eigenvalue weighted by Crippen LogP contribution is -2.46. The number of hydrogen-bond donors (Lipinski definition) is 1. The Morgan fingerprint density at radius 1 is 1.46 bits per heavy atom. The van der Waals surface area contributed by atoms with Gasteiger partial charge in [0.15, 0.2) is 5.76 Å². The maximum Gasteiger partial charge on any atom is 0.237 e. The van der Waals surface area contributed by atoms with Crippen molar-refractivity contribution < 1.29 is 9.32 Å². The SMILES string of the molecule is C[C@H](C(=O)NC1CCCC1)N(C)Cc1cc(-c2cccnc2)no1. The molecule has 128 valence electrons. The molecule has 3 rings (SSSR count). The van der Waals surface area contributed by atoms with Gasteiger partial charge < -0.3 is 9.84 Å². The number of nitrogens with one attached hydrogen (secondary N) is 1. The van der Waals surface area contributed by atoms with Crippen molar-refractivity contribution in [2.75, 3.05) is 7.05 Å². The average Bonchev–Trinajstić information content (AvgIpc) is 3.27. The van der Waals surface area contributed by atoms with Crippen LogP contribution >= 0.6 is 0 Å². The molecule has 1 atom stereocenters. The highest BCUT2D eigenvalue weighted by Crippen LogP contribution is 2.20. The summed E-state index contributed by atoms with van der Waals surface area (Å²) in [5.41, 5.74) is 1.68. The van der Waals surface area contributed by atoms with Crippen molar-refractivity contribution in [2.24, 2.45) is 0 Å². The number of amides is 1. The minimum atomic E-state index is -0.211. The van der Waals surface area contributed by atoms with E-state index in [9.17, 15) is 4.79 Å². The average molecular weight is 328 g/mol. The molecule has 0 radical (unpaired) electrons. The second-order valence-corrected chi connectivity index (χ2v) is 6.50. The summed E-state index contributed by atoms with van der Waals surface area (Å²) in [4.78, 5) is 18.4. The van der Waals surface area contributed by atoms with E-state index >= 15 is 0 Å². The zero-order chi connectivity index (χ0) is 16.9. The van der Waals surface area contributed by atoms with Crippen LogP contribution in [0.5, 0.6) is 0 Å². The maximum atomic E-state index is 12.4. The molecule has 1 aliphatic rings. The van der Waals surface area contributed by atoms with E-state index < -0.39 is 0 Å². The molecule has 0 spiro atoms. The van der Waals surface area contributed by atoms with Crippen LogP contribution < -0.4 is 5.32 Å². The molecule has 0 bridgehead atoms. The van der Waals surface area contributed by atoms with Crippen LogP contribution in [0.1, 0.15) is 38.4 Å². The summed E-state index contributed by atoms with van der Waals surface area (Å²) in [5, 5.41) is 7.23. The van der Waals surface area contributed by atoms with Crippen molar-refractivity contribution >= 4 is 5.91 Å². The highest BCUT2D eigenvalue weighted by molar-refractivity contribution is 5.81. The van der Waals surface area contributed by atoms with Crippen LogP contribution in [0.15, 0.2) is 35.1 Å². The van der Waals surface area contributed by atoms with Crippen LogP contribution in [0.2, 0.25) is 0 Å². The van der Waals surface area contributed by atoms with Gasteiger partial charge in [0.05, 0.1) is 12.6 Å². The molecule has 0 saturated heterocycles. The Labute approximate surface area is 142 Å². The molecule has 0 unspecified atom stereocenters. The van der Waals surface area contributed by atoms with Crippen molar-refractivity contribution in [1.29, 1.82) is 0 Å². The smallest absolute Gasteiger partial charge is 0.237 e. The van der Waals surface area contributed by atoms with Crippen molar-refractivity contribution in [3.63, 3.8) is 0 Å². The molecular formula is C18H24N4O2. The Hall–Kier alpha value is -2.21. The third-order valence-corrected chi connectivity index (χ3v) is 4.66. The van der Waals surface area contributed by atoms with Crippen molar-refractivity contribution in [3.05, 3.63) is 36.4 Å². The second-order valence-electron chi connectivity index (χ2n) is 6.50. The molecule has 2 aromatic heterocycles. The molecule has 2 heterocycles. The Morgan fingerprint density at radius 2 is 2.25 bits per heavy atom. The maximum absolute atomic E-state index is 12.4. The van der Waals surface area contributed by atoms with Gasteiger partial charge in [-0.1, -0.05) is 18.0 Å². The third-order valence-electron chi connectivity index (χ3n) is 4.66. The molecule has 1 fully saturated rings. The van der Waals surface area contributed by atoms with Gasteiger partial charge in [-0.2, -0.15) is 0 Å². The molecular weight excluding hydrogens is 304 g/mol. The fourth-order valence-corrected chi connectivity index (χ4v) is 3.01. The first kappa shape index (κ1) is 16.6. The Bertz CT molecular complexity index is 665. The van der Waals surface area contributed by atoms with Crippen molar-refractivity contribution in [2.45, 2.75) is 51.2 Å². The van der Waals surface area contributed by atoms with Crippen LogP contribution in [-0.2, 0) is 11.3 Å². The molecule has 6 heteroatoms. The van der Waals surface area contributed by atoms with Gasteiger partial charge >= 0.3 is 0 Å². The van der Waals surface area contributed by atoms with Gasteiger partial charge in [0.1, 0.15) is 5.69 Å². The van der Waals surface area contributed by atoms with E-state index in [1.54, 1.807) is 12.4 Å². The quantitative estimate of drug-likeness (QED) is 0.882. The van der Waals surface area contributed by atoms with Crippen molar-refractivity contribution in [1.82, 2.24) is 20.4 Å². The molecule has 1 aliphatic carbocycles. The topological polar surface area (TPSA) is 71.3 Å². The van der Waals surface area contributed by atoms with E-state index in [0.717, 1.165) is 29.9 Å². The fraction of sp³-hybridized carbons (Fsp3) is 0.500. The summed E-state index contributed by atoms with van der Waals surface area (Å²) >= 11 is 0. The predicted molar refractivity (Wildman–Crippen MR) is 91.1 cm³/mol. The van der Waals surface area contributed by atoms with Crippen LogP contribution in [-0.4, -0.2) is 40.1 Å². The number of pyridine rings is 1. The summed E-state index contributed by atoms with van der Waals surface area (Å²) in [6.45, 7) is 2.45. The van der Waals surface area contributed by atoms with Crippen LogP contribution in [0.4, 0.5) is 0 Å². The first-order chi connectivity index (χ1) is 11.6. The lowest BCUT2D eigenvalue weighted by Gasteiger charge is -2.24. The number of hydrogen-bond acceptors (Lipinski definition) is 5. The summed E-state index contributed by atoms with van der Waals surface area (Å²) in [7, 11) is 1.92. The molecule has 1 amide bonds. The molecule has 1 N–H and O–H groups in total. The van der Waals surface area contributed by atoms with Gasteiger partial charge in [-0.25, -0.2) is 0 Å². The predicted octanol–water partition coefficient (Wildman–Crippen LogP) is 2.62. The van der Waals surface area contributed by atoms with E-state index in [2.05, 4.69) is 15.5 Å². The molecule has 0 aliphatic heterocycles. The first-order valence-electron chi connectivity index (χ1n) is 8.50. The third kappa shape index (κ3) is 4.00. The first-order valence-corrected chi connectivity index (χ1v) is 8.50. The van der Waals surface area contributed by atoms with Crippen LogP contribution in [0.25, 0.3) is 11.3 Å². The zero-order valence-electron chi connectivity index (χ0n) is 14.2. The lowest BCUT2D eigenvalue weighted by atomic mass is 10.2. The fourth-order valence-electron chi connectivity index (χ4n) is 3.01.